The van der Waals surface area contributed by atoms with E-state index in [0.29, 0.717) is 0 Å². The first-order valence-corrected chi connectivity index (χ1v) is 11.2. The molecule has 2 N–H and O–H groups in total. The highest BCUT2D eigenvalue weighted by Crippen LogP contribution is 2.45. The molecule has 9 nitrogen and oxygen atoms in total. The second-order valence-corrected chi connectivity index (χ2v) is 8.67. The van der Waals surface area contributed by atoms with Crippen LogP contribution in [-0.4, -0.2) is 67.7 Å². The first-order valence-electron chi connectivity index (χ1n) is 10.6. The standard InChI is InChI=1S/C24H21F2N5O4S/c1-4-13-5-15(18(8-27)28-9-13)24(21(33)20(11-32)35-23(36)22(24)34-3)31-10-19(29-30-31)14-6-16(25)12(2)17(26)7-14/h1,5-7,9-10,20-23,32-33,36H,11H2,2-3H3/t20-,21+,22+,23-,24+/m0/s1. The van der Waals surface area contributed by atoms with Gasteiger partial charge in [-0.3, -0.25) is 0 Å². The number of rotatable bonds is 5. The number of pyridine rings is 1. The van der Waals surface area contributed by atoms with Crippen LogP contribution in [0.3, 0.4) is 0 Å². The lowest BCUT2D eigenvalue weighted by molar-refractivity contribution is -0.213. The highest BCUT2D eigenvalue weighted by molar-refractivity contribution is 7.80. The molecule has 4 rings (SSSR count). The molecular weight excluding hydrogens is 492 g/mol. The van der Waals surface area contributed by atoms with Crippen molar-refractivity contribution in [3.63, 3.8) is 0 Å². The van der Waals surface area contributed by atoms with Gasteiger partial charge in [-0.05, 0) is 25.1 Å². The van der Waals surface area contributed by atoms with Gasteiger partial charge in [-0.25, -0.2) is 18.4 Å². The minimum Gasteiger partial charge on any atom is -0.394 e. The zero-order valence-corrected chi connectivity index (χ0v) is 20.0. The summed E-state index contributed by atoms with van der Waals surface area (Å²) in [5, 5.41) is 39.6. The number of ether oxygens (including phenoxy) is 2. The van der Waals surface area contributed by atoms with Crippen molar-refractivity contribution in [3.05, 3.63) is 64.6 Å². The van der Waals surface area contributed by atoms with Crippen molar-refractivity contribution in [3.8, 4) is 29.7 Å². The lowest BCUT2D eigenvalue weighted by Gasteiger charge is -2.51. The summed E-state index contributed by atoms with van der Waals surface area (Å²) in [6.45, 7) is 0.690. The van der Waals surface area contributed by atoms with Crippen LogP contribution in [0, 0.1) is 42.2 Å². The fourth-order valence-electron chi connectivity index (χ4n) is 4.44. The van der Waals surface area contributed by atoms with Gasteiger partial charge in [0.1, 0.15) is 58.4 Å². The molecule has 0 unspecified atom stereocenters. The van der Waals surface area contributed by atoms with Crippen LogP contribution in [0.1, 0.15) is 22.4 Å². The summed E-state index contributed by atoms with van der Waals surface area (Å²) >= 11 is 4.46. The van der Waals surface area contributed by atoms with Crippen molar-refractivity contribution in [1.82, 2.24) is 20.0 Å². The Kier molecular flexibility index (Phi) is 7.09. The van der Waals surface area contributed by atoms with E-state index >= 15 is 0 Å². The fourth-order valence-corrected chi connectivity index (χ4v) is 4.95. The van der Waals surface area contributed by atoms with Gasteiger partial charge in [-0.1, -0.05) is 11.1 Å². The first kappa shape index (κ1) is 25.7. The van der Waals surface area contributed by atoms with E-state index in [1.807, 2.05) is 6.07 Å². The zero-order valence-electron chi connectivity index (χ0n) is 19.1. The quantitative estimate of drug-likeness (QED) is 0.347. The van der Waals surface area contributed by atoms with Crippen LogP contribution in [-0.2, 0) is 15.0 Å². The van der Waals surface area contributed by atoms with Crippen molar-refractivity contribution in [1.29, 1.82) is 5.26 Å². The topological polar surface area (TPSA) is 126 Å². The third kappa shape index (κ3) is 3.93. The Balaban J connectivity index is 2.04. The molecule has 186 valence electrons. The number of terminal acetylenes is 1. The van der Waals surface area contributed by atoms with E-state index in [2.05, 4.69) is 33.8 Å². The van der Waals surface area contributed by atoms with Gasteiger partial charge >= 0.3 is 0 Å². The maximum atomic E-state index is 14.3. The molecular formula is C24H21F2N5O4S. The van der Waals surface area contributed by atoms with E-state index in [1.165, 1.54) is 37.2 Å². The number of hydrogen-bond acceptors (Lipinski definition) is 9. The smallest absolute Gasteiger partial charge is 0.150 e. The van der Waals surface area contributed by atoms with Crippen LogP contribution in [0.4, 0.5) is 8.78 Å². The van der Waals surface area contributed by atoms with Crippen LogP contribution >= 0.6 is 12.6 Å². The second kappa shape index (κ2) is 9.93. The summed E-state index contributed by atoms with van der Waals surface area (Å²) in [4.78, 5) is 4.13. The van der Waals surface area contributed by atoms with Gasteiger partial charge in [-0.2, -0.15) is 5.26 Å². The van der Waals surface area contributed by atoms with Crippen LogP contribution in [0.5, 0.6) is 0 Å². The molecule has 1 aliphatic heterocycles. The average molecular weight is 514 g/mol. The fraction of sp³-hybridized carbons (Fsp3) is 0.333. The molecule has 1 aromatic carbocycles. The van der Waals surface area contributed by atoms with E-state index in [0.717, 1.165) is 12.1 Å². The van der Waals surface area contributed by atoms with Crippen molar-refractivity contribution in [2.45, 2.75) is 36.2 Å². The summed E-state index contributed by atoms with van der Waals surface area (Å²) in [6, 6.07) is 5.65. The molecule has 3 aromatic rings. The molecule has 0 aliphatic carbocycles. The molecule has 36 heavy (non-hydrogen) atoms. The molecule has 5 atom stereocenters. The highest BCUT2D eigenvalue weighted by Gasteiger charge is 2.60. The molecule has 0 saturated carbocycles. The Bertz CT molecular complexity index is 1360. The summed E-state index contributed by atoms with van der Waals surface area (Å²) in [5.74, 6) is 0.888. The highest BCUT2D eigenvalue weighted by atomic mass is 32.1. The second-order valence-electron chi connectivity index (χ2n) is 8.16. The predicted octanol–water partition coefficient (Wildman–Crippen LogP) is 1.55. The SMILES string of the molecule is C#Cc1cnc(C#N)c([C@@]2(n3cc(-c4cc(F)c(C)c(F)c4)nn3)[C@H](O)[C@H](CO)O[C@@H](S)[C@H]2OC)c1. The monoisotopic (exact) mass is 513 g/mol. The van der Waals surface area contributed by atoms with Gasteiger partial charge < -0.3 is 19.7 Å². The number of nitrogens with zero attached hydrogens (tertiary/aromatic N) is 5. The minimum absolute atomic E-state index is 0.0663. The Morgan fingerprint density at radius 3 is 2.61 bits per heavy atom. The van der Waals surface area contributed by atoms with E-state index in [-0.39, 0.29) is 33.6 Å². The Hall–Kier alpha value is -3.39. The van der Waals surface area contributed by atoms with Gasteiger partial charge in [0.2, 0.25) is 0 Å². The number of benzene rings is 1. The van der Waals surface area contributed by atoms with Gasteiger partial charge in [-0.15, -0.1) is 24.2 Å². The number of thiol groups is 1. The van der Waals surface area contributed by atoms with Crippen molar-refractivity contribution in [2.75, 3.05) is 13.7 Å². The van der Waals surface area contributed by atoms with Crippen LogP contribution < -0.4 is 0 Å². The maximum Gasteiger partial charge on any atom is 0.150 e. The molecule has 1 aliphatic rings. The molecule has 12 heteroatoms. The molecule has 2 aromatic heterocycles. The van der Waals surface area contributed by atoms with Crippen molar-refractivity contribution in [2.24, 2.45) is 0 Å². The van der Waals surface area contributed by atoms with Gasteiger partial charge in [0, 0.05) is 35.6 Å². The summed E-state index contributed by atoms with van der Waals surface area (Å²) in [7, 11) is 1.34. The van der Waals surface area contributed by atoms with E-state index in [9.17, 15) is 24.3 Å². The number of nitriles is 1. The van der Waals surface area contributed by atoms with Crippen molar-refractivity contribution >= 4 is 12.6 Å². The lowest BCUT2D eigenvalue weighted by atomic mass is 9.74. The molecule has 1 saturated heterocycles. The number of aliphatic hydroxyl groups excluding tert-OH is 2. The van der Waals surface area contributed by atoms with Gasteiger partial charge in [0.15, 0.2) is 0 Å². The summed E-state index contributed by atoms with van der Waals surface area (Å²) in [5.41, 5.74) is -2.54. The average Bonchev–Trinajstić information content (AvgIpc) is 3.38. The van der Waals surface area contributed by atoms with Gasteiger partial charge in [0.05, 0.1) is 12.8 Å². The first-order chi connectivity index (χ1) is 17.2. The molecule has 0 amide bonds. The number of halogens is 2. The van der Waals surface area contributed by atoms with E-state index < -0.39 is 47.5 Å². The molecule has 1 fully saturated rings. The third-order valence-corrected chi connectivity index (χ3v) is 6.68. The Morgan fingerprint density at radius 1 is 1.33 bits per heavy atom. The Labute approximate surface area is 210 Å². The largest absolute Gasteiger partial charge is 0.394 e. The van der Waals surface area contributed by atoms with E-state index in [1.54, 1.807) is 0 Å². The number of methoxy groups -OCH3 is 1. The minimum atomic E-state index is -1.80. The summed E-state index contributed by atoms with van der Waals surface area (Å²) in [6.07, 6.45) is 4.32. The maximum absolute atomic E-state index is 14.3. The normalized spacial score (nSPS) is 25.8. The third-order valence-electron chi connectivity index (χ3n) is 6.28. The molecule has 0 bridgehead atoms. The van der Waals surface area contributed by atoms with Gasteiger partial charge in [0.25, 0.3) is 0 Å². The molecule has 0 spiro atoms. The van der Waals surface area contributed by atoms with Crippen LogP contribution in [0.15, 0.2) is 30.6 Å². The zero-order chi connectivity index (χ0) is 26.2. The Morgan fingerprint density at radius 2 is 2.03 bits per heavy atom. The van der Waals surface area contributed by atoms with Crippen LogP contribution in [0.2, 0.25) is 0 Å². The number of aromatic nitrogens is 4. The van der Waals surface area contributed by atoms with E-state index in [4.69, 9.17) is 15.9 Å². The number of aliphatic hydroxyl groups is 2. The lowest BCUT2D eigenvalue weighted by Crippen LogP contribution is -2.68. The predicted molar refractivity (Wildman–Crippen MR) is 126 cm³/mol. The van der Waals surface area contributed by atoms with Crippen molar-refractivity contribution < 1.29 is 28.5 Å². The number of hydrogen-bond donors (Lipinski definition) is 3. The summed E-state index contributed by atoms with van der Waals surface area (Å²) < 4.78 is 41.1. The molecule has 3 heterocycles. The molecule has 0 radical (unpaired) electrons. The van der Waals surface area contributed by atoms with Crippen LogP contribution in [0.25, 0.3) is 11.3 Å².